The Morgan fingerprint density at radius 1 is 1.32 bits per heavy atom. The quantitative estimate of drug-likeness (QED) is 0.837. The highest BCUT2D eigenvalue weighted by molar-refractivity contribution is 7.89. The van der Waals surface area contributed by atoms with Gasteiger partial charge in [-0.25, -0.2) is 8.42 Å². The Labute approximate surface area is 128 Å². The number of nitrogens with zero attached hydrogens (tertiary/aromatic N) is 1. The number of amides is 1. The summed E-state index contributed by atoms with van der Waals surface area (Å²) in [5.41, 5.74) is 1.90. The van der Waals surface area contributed by atoms with Crippen molar-refractivity contribution in [1.29, 1.82) is 0 Å². The van der Waals surface area contributed by atoms with Gasteiger partial charge in [0.15, 0.2) is 9.84 Å². The molecule has 118 valence electrons. The second-order valence-corrected chi connectivity index (χ2v) is 7.10. The van der Waals surface area contributed by atoms with Crippen LogP contribution in [0.4, 0.5) is 11.6 Å². The van der Waals surface area contributed by atoms with Crippen molar-refractivity contribution >= 4 is 27.3 Å². The Kier molecular flexibility index (Phi) is 4.81. The van der Waals surface area contributed by atoms with Gasteiger partial charge < -0.3 is 9.84 Å². The molecule has 0 radical (unpaired) electrons. The molecule has 0 saturated heterocycles. The van der Waals surface area contributed by atoms with Gasteiger partial charge in [0.2, 0.25) is 11.8 Å². The second kappa shape index (κ2) is 6.61. The van der Waals surface area contributed by atoms with Gasteiger partial charge in [0.1, 0.15) is 0 Å². The lowest BCUT2D eigenvalue weighted by atomic mass is 10.2. The van der Waals surface area contributed by atoms with E-state index in [1.54, 1.807) is 37.3 Å². The Hall–Kier alpha value is -2.35. The number of anilines is 2. The van der Waals surface area contributed by atoms with Crippen LogP contribution in [0, 0.1) is 6.92 Å². The topological polar surface area (TPSA) is 101 Å². The molecule has 1 aromatic carbocycles. The maximum atomic E-state index is 11.8. The molecule has 2 rings (SSSR count). The fraction of sp³-hybridized carbons (Fsp3) is 0.286. The molecule has 0 bridgehead atoms. The highest BCUT2D eigenvalue weighted by Gasteiger charge is 2.11. The molecule has 0 atom stereocenters. The Bertz CT molecular complexity index is 768. The van der Waals surface area contributed by atoms with Crippen LogP contribution < -0.4 is 10.6 Å². The van der Waals surface area contributed by atoms with Crippen molar-refractivity contribution in [2.75, 3.05) is 23.4 Å². The molecule has 7 nitrogen and oxygen atoms in total. The first kappa shape index (κ1) is 16.0. The van der Waals surface area contributed by atoms with Crippen molar-refractivity contribution in [2.24, 2.45) is 0 Å². The summed E-state index contributed by atoms with van der Waals surface area (Å²) < 4.78 is 27.7. The number of sulfone groups is 1. The monoisotopic (exact) mass is 323 g/mol. The average Bonchev–Trinajstić information content (AvgIpc) is 2.81. The molecule has 22 heavy (non-hydrogen) atoms. The third-order valence-electron chi connectivity index (χ3n) is 2.77. The molecule has 0 aliphatic carbocycles. The standard InChI is InChI=1S/C14H17N3O4S/c1-10-7-14(21-17-10)16-13(18)8-15-12-6-4-3-5-11(12)9-22(2,19)20/h3-7,15H,8-9H2,1-2H3,(H,16,18). The van der Waals surface area contributed by atoms with Gasteiger partial charge in [-0.1, -0.05) is 23.4 Å². The summed E-state index contributed by atoms with van der Waals surface area (Å²) >= 11 is 0. The van der Waals surface area contributed by atoms with E-state index >= 15 is 0 Å². The van der Waals surface area contributed by atoms with Crippen molar-refractivity contribution in [3.63, 3.8) is 0 Å². The summed E-state index contributed by atoms with van der Waals surface area (Å²) in [5.74, 6) is -0.127. The number of aryl methyl sites for hydroxylation is 1. The van der Waals surface area contributed by atoms with Gasteiger partial charge in [-0.05, 0) is 18.6 Å². The van der Waals surface area contributed by atoms with E-state index in [2.05, 4.69) is 15.8 Å². The number of para-hydroxylation sites is 1. The molecule has 0 saturated carbocycles. The van der Waals surface area contributed by atoms with Crippen molar-refractivity contribution in [1.82, 2.24) is 5.16 Å². The van der Waals surface area contributed by atoms with Crippen LogP contribution in [-0.4, -0.2) is 32.3 Å². The number of hydrogen-bond donors (Lipinski definition) is 2. The summed E-state index contributed by atoms with van der Waals surface area (Å²) in [5, 5.41) is 9.14. The third kappa shape index (κ3) is 4.88. The van der Waals surface area contributed by atoms with Crippen LogP contribution in [0.3, 0.4) is 0 Å². The number of carbonyl (C=O) groups is 1. The number of nitrogens with one attached hydrogen (secondary N) is 2. The lowest BCUT2D eigenvalue weighted by Crippen LogP contribution is -2.22. The summed E-state index contributed by atoms with van der Waals surface area (Å²) in [6.45, 7) is 1.74. The van der Waals surface area contributed by atoms with Crippen molar-refractivity contribution < 1.29 is 17.7 Å². The first-order chi connectivity index (χ1) is 10.3. The summed E-state index contributed by atoms with van der Waals surface area (Å²) in [6, 6.07) is 8.57. The smallest absolute Gasteiger partial charge is 0.246 e. The highest BCUT2D eigenvalue weighted by atomic mass is 32.2. The predicted molar refractivity (Wildman–Crippen MR) is 83.3 cm³/mol. The molecular weight excluding hydrogens is 306 g/mol. The zero-order chi connectivity index (χ0) is 16.2. The van der Waals surface area contributed by atoms with Crippen LogP contribution in [-0.2, 0) is 20.4 Å². The van der Waals surface area contributed by atoms with E-state index in [-0.39, 0.29) is 24.1 Å². The van der Waals surface area contributed by atoms with Crippen molar-refractivity contribution in [3.8, 4) is 0 Å². The number of aromatic nitrogens is 1. The Balaban J connectivity index is 1.98. The van der Waals surface area contributed by atoms with Gasteiger partial charge in [-0.3, -0.25) is 10.1 Å². The number of rotatable bonds is 6. The van der Waals surface area contributed by atoms with E-state index in [9.17, 15) is 13.2 Å². The molecule has 0 fully saturated rings. The van der Waals surface area contributed by atoms with E-state index < -0.39 is 9.84 Å². The molecular formula is C14H17N3O4S. The molecule has 1 heterocycles. The molecule has 2 N–H and O–H groups in total. The molecule has 0 spiro atoms. The lowest BCUT2D eigenvalue weighted by Gasteiger charge is -2.10. The first-order valence-electron chi connectivity index (χ1n) is 6.56. The van der Waals surface area contributed by atoms with E-state index in [1.165, 1.54) is 6.26 Å². The van der Waals surface area contributed by atoms with E-state index in [4.69, 9.17) is 4.52 Å². The first-order valence-corrected chi connectivity index (χ1v) is 8.62. The summed E-state index contributed by atoms with van der Waals surface area (Å²) in [6.07, 6.45) is 1.17. The van der Waals surface area contributed by atoms with Crippen LogP contribution in [0.5, 0.6) is 0 Å². The molecule has 1 amide bonds. The van der Waals surface area contributed by atoms with Crippen LogP contribution in [0.15, 0.2) is 34.9 Å². The summed E-state index contributed by atoms with van der Waals surface area (Å²) in [4.78, 5) is 11.8. The minimum atomic E-state index is -3.15. The third-order valence-corrected chi connectivity index (χ3v) is 3.60. The fourth-order valence-corrected chi connectivity index (χ4v) is 2.70. The lowest BCUT2D eigenvalue weighted by molar-refractivity contribution is -0.114. The van der Waals surface area contributed by atoms with E-state index in [0.717, 1.165) is 0 Å². The van der Waals surface area contributed by atoms with Crippen LogP contribution in [0.25, 0.3) is 0 Å². The maximum Gasteiger partial charge on any atom is 0.246 e. The Morgan fingerprint density at radius 3 is 2.68 bits per heavy atom. The Morgan fingerprint density at radius 2 is 2.05 bits per heavy atom. The van der Waals surface area contributed by atoms with Gasteiger partial charge in [0, 0.05) is 18.0 Å². The van der Waals surface area contributed by atoms with Crippen molar-refractivity contribution in [2.45, 2.75) is 12.7 Å². The normalized spacial score (nSPS) is 11.2. The van der Waals surface area contributed by atoms with Gasteiger partial charge in [-0.15, -0.1) is 0 Å². The van der Waals surface area contributed by atoms with Crippen LogP contribution >= 0.6 is 0 Å². The second-order valence-electron chi connectivity index (χ2n) is 4.96. The molecule has 8 heteroatoms. The minimum absolute atomic E-state index is 0.0134. The highest BCUT2D eigenvalue weighted by Crippen LogP contribution is 2.17. The van der Waals surface area contributed by atoms with Crippen LogP contribution in [0.2, 0.25) is 0 Å². The minimum Gasteiger partial charge on any atom is -0.376 e. The zero-order valence-electron chi connectivity index (χ0n) is 12.3. The number of carbonyl (C=O) groups excluding carboxylic acids is 1. The SMILES string of the molecule is Cc1cc(NC(=O)CNc2ccccc2CS(C)(=O)=O)on1. The predicted octanol–water partition coefficient (Wildman–Crippen LogP) is 1.58. The van der Waals surface area contributed by atoms with Crippen molar-refractivity contribution in [3.05, 3.63) is 41.6 Å². The molecule has 2 aromatic rings. The fourth-order valence-electron chi connectivity index (χ4n) is 1.88. The molecule has 0 unspecified atom stereocenters. The summed E-state index contributed by atoms with van der Waals surface area (Å²) in [7, 11) is -3.15. The van der Waals surface area contributed by atoms with E-state index in [0.29, 0.717) is 16.9 Å². The van der Waals surface area contributed by atoms with E-state index in [1.807, 2.05) is 0 Å². The van der Waals surface area contributed by atoms with Gasteiger partial charge in [-0.2, -0.15) is 0 Å². The van der Waals surface area contributed by atoms with Gasteiger partial charge >= 0.3 is 0 Å². The largest absolute Gasteiger partial charge is 0.376 e. The molecule has 1 aromatic heterocycles. The maximum absolute atomic E-state index is 11.8. The number of hydrogen-bond acceptors (Lipinski definition) is 6. The molecule has 0 aliphatic heterocycles. The van der Waals surface area contributed by atoms with Crippen LogP contribution in [0.1, 0.15) is 11.3 Å². The average molecular weight is 323 g/mol. The van der Waals surface area contributed by atoms with Gasteiger partial charge in [0.05, 0.1) is 18.0 Å². The molecule has 0 aliphatic rings. The zero-order valence-corrected chi connectivity index (χ0v) is 13.1. The number of benzene rings is 1. The van der Waals surface area contributed by atoms with Gasteiger partial charge in [0.25, 0.3) is 0 Å².